The lowest BCUT2D eigenvalue weighted by molar-refractivity contribution is -0.136. The first-order valence-corrected chi connectivity index (χ1v) is 11.0. The monoisotopic (exact) mass is 460 g/mol. The van der Waals surface area contributed by atoms with Gasteiger partial charge in [0, 0.05) is 17.1 Å². The van der Waals surface area contributed by atoms with Crippen LogP contribution in [0.25, 0.3) is 11.8 Å². The average molecular weight is 461 g/mol. The first-order chi connectivity index (χ1) is 15.8. The summed E-state index contributed by atoms with van der Waals surface area (Å²) in [7, 11) is 1.33. The predicted octanol–water partition coefficient (Wildman–Crippen LogP) is 5.62. The zero-order chi connectivity index (χ0) is 23.7. The molecule has 0 radical (unpaired) electrons. The summed E-state index contributed by atoms with van der Waals surface area (Å²) >= 11 is 6.44. The highest BCUT2D eigenvalue weighted by Crippen LogP contribution is 2.34. The van der Waals surface area contributed by atoms with Crippen LogP contribution in [0.15, 0.2) is 77.5 Å². The number of carbonyl (C=O) groups is 2. The third-order valence-corrected chi connectivity index (χ3v) is 6.27. The number of halogens is 1. The highest BCUT2D eigenvalue weighted by atomic mass is 35.5. The third kappa shape index (κ3) is 4.12. The van der Waals surface area contributed by atoms with E-state index in [1.807, 2.05) is 79.1 Å². The summed E-state index contributed by atoms with van der Waals surface area (Å²) in [6.07, 6.45) is 1.78. The maximum atomic E-state index is 13.5. The van der Waals surface area contributed by atoms with Crippen molar-refractivity contribution in [3.63, 3.8) is 0 Å². The smallest absolute Gasteiger partial charge is 0.340 e. The van der Waals surface area contributed by atoms with Gasteiger partial charge in [-0.1, -0.05) is 54.1 Å². The lowest BCUT2D eigenvalue weighted by Crippen LogP contribution is -2.24. The van der Waals surface area contributed by atoms with Gasteiger partial charge in [-0.25, -0.2) is 4.79 Å². The van der Waals surface area contributed by atoms with Crippen LogP contribution in [-0.2, 0) is 20.9 Å². The van der Waals surface area contributed by atoms with E-state index in [9.17, 15) is 9.59 Å². The normalized spacial score (nSPS) is 15.0. The lowest BCUT2D eigenvalue weighted by Gasteiger charge is -2.17. The van der Waals surface area contributed by atoms with Crippen molar-refractivity contribution in [1.82, 2.24) is 9.47 Å². The van der Waals surface area contributed by atoms with Gasteiger partial charge >= 0.3 is 5.97 Å². The Morgan fingerprint density at radius 2 is 1.70 bits per heavy atom. The second-order valence-electron chi connectivity index (χ2n) is 8.00. The van der Waals surface area contributed by atoms with Gasteiger partial charge in [0.05, 0.1) is 35.5 Å². The molecular weight excluding hydrogens is 436 g/mol. The Hall–Kier alpha value is -3.57. The van der Waals surface area contributed by atoms with Crippen LogP contribution in [0.1, 0.15) is 29.4 Å². The van der Waals surface area contributed by atoms with Crippen LogP contribution < -0.4 is 0 Å². The zero-order valence-corrected chi connectivity index (χ0v) is 19.8. The number of para-hydroxylation sites is 1. The van der Waals surface area contributed by atoms with Gasteiger partial charge < -0.3 is 14.2 Å². The zero-order valence-electron chi connectivity index (χ0n) is 19.1. The van der Waals surface area contributed by atoms with E-state index in [0.717, 1.165) is 28.2 Å². The molecule has 0 saturated carbocycles. The molecule has 6 heteroatoms. The fraction of sp³-hybridized carbons (Fsp3) is 0.185. The summed E-state index contributed by atoms with van der Waals surface area (Å²) in [5.74, 6) is -0.748. The van der Waals surface area contributed by atoms with Crippen molar-refractivity contribution in [3.05, 3.63) is 105 Å². The van der Waals surface area contributed by atoms with Crippen molar-refractivity contribution in [2.24, 2.45) is 0 Å². The van der Waals surface area contributed by atoms with Crippen molar-refractivity contribution >= 4 is 29.6 Å². The molecule has 0 atom stereocenters. The average Bonchev–Trinajstić information content (AvgIpc) is 3.21. The highest BCUT2D eigenvalue weighted by molar-refractivity contribution is 6.32. The van der Waals surface area contributed by atoms with Crippen LogP contribution >= 0.6 is 11.6 Å². The Morgan fingerprint density at radius 1 is 1.03 bits per heavy atom. The molecule has 2 aromatic carbocycles. The van der Waals surface area contributed by atoms with Gasteiger partial charge in [-0.3, -0.25) is 4.79 Å². The molecule has 1 amide bonds. The molecule has 0 saturated heterocycles. The molecule has 168 valence electrons. The van der Waals surface area contributed by atoms with E-state index in [2.05, 4.69) is 0 Å². The van der Waals surface area contributed by atoms with E-state index < -0.39 is 5.97 Å². The molecule has 0 N–H and O–H groups in total. The Morgan fingerprint density at radius 3 is 2.36 bits per heavy atom. The molecule has 33 heavy (non-hydrogen) atoms. The summed E-state index contributed by atoms with van der Waals surface area (Å²) < 4.78 is 7.07. The quantitative estimate of drug-likeness (QED) is 0.366. The Kier molecular flexibility index (Phi) is 6.25. The second kappa shape index (κ2) is 9.12. The fourth-order valence-corrected chi connectivity index (χ4v) is 4.50. The minimum absolute atomic E-state index is 0.223. The number of nitrogens with zero attached hydrogens (tertiary/aromatic N) is 2. The van der Waals surface area contributed by atoms with Crippen molar-refractivity contribution in [3.8, 4) is 5.69 Å². The van der Waals surface area contributed by atoms with Crippen LogP contribution in [0, 0.1) is 13.8 Å². The van der Waals surface area contributed by atoms with Crippen molar-refractivity contribution < 1.29 is 14.3 Å². The predicted molar refractivity (Wildman–Crippen MR) is 130 cm³/mol. The van der Waals surface area contributed by atoms with Crippen molar-refractivity contribution in [2.75, 3.05) is 7.11 Å². The summed E-state index contributed by atoms with van der Waals surface area (Å²) in [6.45, 7) is 6.11. The Balaban J connectivity index is 1.80. The number of allylic oxidation sites excluding steroid dienone is 1. The largest absolute Gasteiger partial charge is 0.465 e. The third-order valence-electron chi connectivity index (χ3n) is 5.95. The van der Waals surface area contributed by atoms with Crippen LogP contribution in [0.5, 0.6) is 0 Å². The number of rotatable bonds is 5. The van der Waals surface area contributed by atoms with Gasteiger partial charge in [0.25, 0.3) is 5.91 Å². The van der Waals surface area contributed by atoms with E-state index in [-0.39, 0.29) is 5.91 Å². The molecule has 0 unspecified atom stereocenters. The molecular formula is C27H25ClN2O3. The topological polar surface area (TPSA) is 51.5 Å². The molecule has 0 bridgehead atoms. The first-order valence-electron chi connectivity index (χ1n) is 10.6. The molecule has 2 heterocycles. The standard InChI is InChI=1S/C27H25ClN2O3/c1-17-14-21(18(2)30(17)24-13-9-8-12-23(24)28)15-22-25(27(32)33-4)19(3)29(26(22)31)16-20-10-6-5-7-11-20/h5-15H,16H2,1-4H3/b22-15-. The SMILES string of the molecule is COC(=O)C1=C(C)N(Cc2ccccc2)C(=O)/C1=C\c1cc(C)n(-c2ccccc2Cl)c1C. The van der Waals surface area contributed by atoms with Crippen LogP contribution in [-0.4, -0.2) is 28.5 Å². The number of hydrogen-bond donors (Lipinski definition) is 0. The minimum atomic E-state index is -0.525. The molecule has 1 aliphatic heterocycles. The number of benzene rings is 2. The van der Waals surface area contributed by atoms with Crippen LogP contribution in [0.2, 0.25) is 5.02 Å². The Bertz CT molecular complexity index is 1300. The molecule has 1 aromatic heterocycles. The van der Waals surface area contributed by atoms with E-state index in [1.165, 1.54) is 7.11 Å². The summed E-state index contributed by atoms with van der Waals surface area (Å²) in [6, 6.07) is 19.3. The van der Waals surface area contributed by atoms with E-state index in [0.29, 0.717) is 28.4 Å². The van der Waals surface area contributed by atoms with Gasteiger partial charge in [-0.05, 0) is 56.2 Å². The maximum Gasteiger partial charge on any atom is 0.340 e. The fourth-order valence-electron chi connectivity index (χ4n) is 4.28. The number of esters is 1. The summed E-state index contributed by atoms with van der Waals surface area (Å²) in [5, 5.41) is 0.635. The van der Waals surface area contributed by atoms with Crippen LogP contribution in [0.3, 0.4) is 0 Å². The lowest BCUT2D eigenvalue weighted by atomic mass is 10.0. The number of hydrogen-bond acceptors (Lipinski definition) is 3. The molecule has 3 aromatic rings. The molecule has 4 rings (SSSR count). The second-order valence-corrected chi connectivity index (χ2v) is 8.41. The molecule has 0 spiro atoms. The van der Waals surface area contributed by atoms with E-state index >= 15 is 0 Å². The van der Waals surface area contributed by atoms with E-state index in [1.54, 1.807) is 17.9 Å². The number of aromatic nitrogens is 1. The molecule has 0 fully saturated rings. The molecule has 5 nitrogen and oxygen atoms in total. The van der Waals surface area contributed by atoms with Gasteiger partial charge in [0.15, 0.2) is 0 Å². The first kappa shape index (κ1) is 22.6. The number of methoxy groups -OCH3 is 1. The molecule has 1 aliphatic rings. The molecule has 0 aliphatic carbocycles. The van der Waals surface area contributed by atoms with Crippen LogP contribution in [0.4, 0.5) is 0 Å². The number of ether oxygens (including phenoxy) is 1. The number of carbonyl (C=O) groups excluding carboxylic acids is 2. The number of aryl methyl sites for hydroxylation is 1. The minimum Gasteiger partial charge on any atom is -0.465 e. The van der Waals surface area contributed by atoms with E-state index in [4.69, 9.17) is 16.3 Å². The van der Waals surface area contributed by atoms with Crippen molar-refractivity contribution in [1.29, 1.82) is 0 Å². The van der Waals surface area contributed by atoms with Gasteiger partial charge in [-0.15, -0.1) is 0 Å². The van der Waals surface area contributed by atoms with Gasteiger partial charge in [-0.2, -0.15) is 0 Å². The summed E-state index contributed by atoms with van der Waals surface area (Å²) in [5.41, 5.74) is 5.78. The summed E-state index contributed by atoms with van der Waals surface area (Å²) in [4.78, 5) is 27.8. The van der Waals surface area contributed by atoms with Gasteiger partial charge in [0.1, 0.15) is 0 Å². The number of amides is 1. The maximum absolute atomic E-state index is 13.5. The highest BCUT2D eigenvalue weighted by Gasteiger charge is 2.37. The Labute approximate surface area is 198 Å². The van der Waals surface area contributed by atoms with Crippen molar-refractivity contribution in [2.45, 2.75) is 27.3 Å². The van der Waals surface area contributed by atoms with Gasteiger partial charge in [0.2, 0.25) is 0 Å².